The summed E-state index contributed by atoms with van der Waals surface area (Å²) in [6.45, 7) is 1.64. The van der Waals surface area contributed by atoms with Crippen LogP contribution in [0.5, 0.6) is 0 Å². The van der Waals surface area contributed by atoms with Gasteiger partial charge in [0.15, 0.2) is 11.3 Å². The van der Waals surface area contributed by atoms with Gasteiger partial charge in [0.1, 0.15) is 0 Å². The number of anilines is 1. The number of para-hydroxylation sites is 1. The van der Waals surface area contributed by atoms with Crippen molar-refractivity contribution < 1.29 is 13.2 Å². The van der Waals surface area contributed by atoms with Crippen LogP contribution in [-0.4, -0.2) is 20.0 Å². The van der Waals surface area contributed by atoms with Crippen LogP contribution >= 0.6 is 0 Å². The van der Waals surface area contributed by atoms with E-state index in [0.717, 1.165) is 0 Å². The molecule has 0 aliphatic carbocycles. The quantitative estimate of drug-likeness (QED) is 0.364. The Kier molecular flexibility index (Phi) is 4.72. The van der Waals surface area contributed by atoms with Gasteiger partial charge in [-0.2, -0.15) is 10.2 Å². The number of carbonyl (C=O) groups excluding carboxylic acids is 1. The highest BCUT2D eigenvalue weighted by atomic mass is 32.2. The number of benzene rings is 2. The largest absolute Gasteiger partial charge is 0.314 e. The molecule has 0 radical (unpaired) electrons. The minimum atomic E-state index is -4.10. The van der Waals surface area contributed by atoms with Crippen LogP contribution in [0.3, 0.4) is 0 Å². The molecule has 1 unspecified atom stereocenters. The molecule has 3 rings (SSSR count). The van der Waals surface area contributed by atoms with Gasteiger partial charge in [-0.05, 0) is 42.3 Å². The van der Waals surface area contributed by atoms with Gasteiger partial charge in [0.05, 0.1) is 10.6 Å². The van der Waals surface area contributed by atoms with Crippen LogP contribution in [-0.2, 0) is 20.4 Å². The highest BCUT2D eigenvalue weighted by Crippen LogP contribution is 2.33. The van der Waals surface area contributed by atoms with Gasteiger partial charge in [0.2, 0.25) is 0 Å². The van der Waals surface area contributed by atoms with Crippen LogP contribution in [0.2, 0.25) is 0 Å². The molecule has 2 aromatic rings. The number of hydrogen-bond acceptors (Lipinski definition) is 6. The van der Waals surface area contributed by atoms with Gasteiger partial charge >= 0.3 is 5.91 Å². The normalized spacial score (nSPS) is 20.5. The van der Waals surface area contributed by atoms with Gasteiger partial charge in [-0.1, -0.05) is 30.3 Å². The van der Waals surface area contributed by atoms with Crippen molar-refractivity contribution in [2.75, 3.05) is 5.43 Å². The third-order valence-electron chi connectivity index (χ3n) is 3.93. The van der Waals surface area contributed by atoms with E-state index in [1.165, 1.54) is 24.3 Å². The second-order valence-electron chi connectivity index (χ2n) is 5.69. The van der Waals surface area contributed by atoms with E-state index in [4.69, 9.17) is 5.53 Å². The number of sulfonamides is 1. The molecule has 0 aromatic heterocycles. The third-order valence-corrected chi connectivity index (χ3v) is 5.09. The molecular formula is C16H13N7O3S. The second-order valence-corrected chi connectivity index (χ2v) is 7.27. The van der Waals surface area contributed by atoms with Crippen molar-refractivity contribution in [1.29, 1.82) is 0 Å². The van der Waals surface area contributed by atoms with Crippen LogP contribution in [0.4, 0.5) is 5.69 Å². The number of carbonyl (C=O) groups is 1. The summed E-state index contributed by atoms with van der Waals surface area (Å²) in [5.41, 5.74) is 11.2. The zero-order valence-electron chi connectivity index (χ0n) is 14.0. The molecule has 1 N–H and O–H groups in total. The molecule has 1 heterocycles. The predicted octanol–water partition coefficient (Wildman–Crippen LogP) is 3.36. The highest BCUT2D eigenvalue weighted by Gasteiger charge is 2.43. The fourth-order valence-corrected chi connectivity index (χ4v) is 3.15. The average molecular weight is 383 g/mol. The number of nitrogens with one attached hydrogen (secondary N) is 1. The number of nitrogens with zero attached hydrogens (tertiary/aromatic N) is 6. The fourth-order valence-electron chi connectivity index (χ4n) is 2.48. The SMILES string of the molecule is CC1(c2ccc(S(=O)(=O)N=[N+]=[N-])cc2)N=NC(=O)C1=NNc1ccccc1. The maximum absolute atomic E-state index is 12.1. The molecule has 1 amide bonds. The van der Waals surface area contributed by atoms with Crippen molar-refractivity contribution in [2.24, 2.45) is 19.8 Å². The molecule has 0 bridgehead atoms. The summed E-state index contributed by atoms with van der Waals surface area (Å²) in [5.74, 6) is -0.591. The molecule has 2 aromatic carbocycles. The third kappa shape index (κ3) is 3.54. The molecule has 1 aliphatic rings. The maximum atomic E-state index is 12.1. The minimum absolute atomic E-state index is 0.0667. The molecule has 0 saturated heterocycles. The van der Waals surface area contributed by atoms with Gasteiger partial charge in [0.25, 0.3) is 10.0 Å². The van der Waals surface area contributed by atoms with Crippen molar-refractivity contribution in [3.05, 3.63) is 70.6 Å². The molecule has 0 spiro atoms. The Bertz CT molecular complexity index is 1090. The van der Waals surface area contributed by atoms with Crippen molar-refractivity contribution >= 4 is 27.3 Å². The molecule has 1 atom stereocenters. The summed E-state index contributed by atoms with van der Waals surface area (Å²) >= 11 is 0. The lowest BCUT2D eigenvalue weighted by molar-refractivity contribution is -0.111. The average Bonchev–Trinajstić information content (AvgIpc) is 2.96. The van der Waals surface area contributed by atoms with Gasteiger partial charge in [0, 0.05) is 9.43 Å². The summed E-state index contributed by atoms with van der Waals surface area (Å²) < 4.78 is 26.3. The van der Waals surface area contributed by atoms with E-state index in [1.807, 2.05) is 18.2 Å². The van der Waals surface area contributed by atoms with E-state index in [2.05, 4.69) is 30.2 Å². The first kappa shape index (κ1) is 18.2. The van der Waals surface area contributed by atoms with E-state index < -0.39 is 21.5 Å². The number of hydrogen-bond donors (Lipinski definition) is 1. The molecular weight excluding hydrogens is 370 g/mol. The van der Waals surface area contributed by atoms with Gasteiger partial charge in [-0.3, -0.25) is 10.2 Å². The van der Waals surface area contributed by atoms with Crippen molar-refractivity contribution in [3.63, 3.8) is 0 Å². The van der Waals surface area contributed by atoms with E-state index in [-0.39, 0.29) is 10.6 Å². The molecule has 11 heteroatoms. The Morgan fingerprint density at radius 3 is 2.41 bits per heavy atom. The van der Waals surface area contributed by atoms with Crippen LogP contribution in [0.1, 0.15) is 12.5 Å². The number of amides is 1. The molecule has 136 valence electrons. The molecule has 27 heavy (non-hydrogen) atoms. The Balaban J connectivity index is 1.95. The second kappa shape index (κ2) is 6.98. The Labute approximate surface area is 154 Å². The zero-order valence-corrected chi connectivity index (χ0v) is 14.8. The standard InChI is InChI=1S/C16H13N7O3S/c1-16(11-7-9-13(10-8-11)27(25,26)23-22-17)14(15(24)20-21-16)19-18-12-5-3-2-4-6-12/h2-10,18H,1H3. The van der Waals surface area contributed by atoms with Crippen LogP contribution < -0.4 is 5.43 Å². The van der Waals surface area contributed by atoms with Crippen LogP contribution in [0.15, 0.2) is 79.3 Å². The number of hydrazone groups is 1. The monoisotopic (exact) mass is 383 g/mol. The first-order valence-electron chi connectivity index (χ1n) is 7.65. The van der Waals surface area contributed by atoms with E-state index >= 15 is 0 Å². The summed E-state index contributed by atoms with van der Waals surface area (Å²) in [4.78, 5) is 14.2. The molecule has 10 nitrogen and oxygen atoms in total. The first-order chi connectivity index (χ1) is 12.9. The lowest BCUT2D eigenvalue weighted by Crippen LogP contribution is -2.31. The van der Waals surface area contributed by atoms with Crippen molar-refractivity contribution in [1.82, 2.24) is 0 Å². The fraction of sp³-hybridized carbons (Fsp3) is 0.125. The number of rotatable bonds is 5. The molecule has 0 saturated carbocycles. The number of azo groups is 1. The Morgan fingerprint density at radius 1 is 1.11 bits per heavy atom. The van der Waals surface area contributed by atoms with Crippen LogP contribution in [0, 0.1) is 0 Å². The summed E-state index contributed by atoms with van der Waals surface area (Å²) in [7, 11) is -4.10. The van der Waals surface area contributed by atoms with E-state index in [1.54, 1.807) is 19.1 Å². The van der Waals surface area contributed by atoms with Crippen LogP contribution in [0.25, 0.3) is 10.4 Å². The summed E-state index contributed by atoms with van der Waals surface area (Å²) in [5, 5.41) is 11.8. The Hall–Kier alpha value is -3.56. The molecule has 0 fully saturated rings. The first-order valence-corrected chi connectivity index (χ1v) is 9.09. The molecule has 1 aliphatic heterocycles. The van der Waals surface area contributed by atoms with Crippen molar-refractivity contribution in [2.45, 2.75) is 17.4 Å². The van der Waals surface area contributed by atoms with E-state index in [0.29, 0.717) is 11.3 Å². The minimum Gasteiger partial charge on any atom is -0.278 e. The topological polar surface area (TPSA) is 149 Å². The zero-order chi connectivity index (χ0) is 19.5. The van der Waals surface area contributed by atoms with Gasteiger partial charge < -0.3 is 0 Å². The van der Waals surface area contributed by atoms with Gasteiger partial charge in [-0.25, -0.2) is 8.42 Å². The van der Waals surface area contributed by atoms with Crippen molar-refractivity contribution in [3.8, 4) is 0 Å². The Morgan fingerprint density at radius 2 is 1.78 bits per heavy atom. The lowest BCUT2D eigenvalue weighted by Gasteiger charge is -2.20. The highest BCUT2D eigenvalue weighted by molar-refractivity contribution is 7.90. The maximum Gasteiger partial charge on any atom is 0.314 e. The summed E-state index contributed by atoms with van der Waals surface area (Å²) in [6, 6.07) is 14.5. The van der Waals surface area contributed by atoms with Gasteiger partial charge in [-0.15, -0.1) is 5.11 Å². The predicted molar refractivity (Wildman–Crippen MR) is 97.5 cm³/mol. The number of azide groups is 1. The smallest absolute Gasteiger partial charge is 0.278 e. The lowest BCUT2D eigenvalue weighted by atomic mass is 9.88. The van der Waals surface area contributed by atoms with E-state index in [9.17, 15) is 13.2 Å². The summed E-state index contributed by atoms with van der Waals surface area (Å²) in [6.07, 6.45) is 0.